The van der Waals surface area contributed by atoms with Crippen LogP contribution in [0.25, 0.3) is 0 Å². The highest BCUT2D eigenvalue weighted by molar-refractivity contribution is 7.10. The summed E-state index contributed by atoms with van der Waals surface area (Å²) < 4.78 is 10.5. The standard InChI is InChI=1S/C14H17NO2S/c1-9-13(4-5-18-9)14(15)10-6-11(16-2)8-12(7-10)17-3/h4-8,14H,15H2,1-3H3. The summed E-state index contributed by atoms with van der Waals surface area (Å²) in [7, 11) is 3.28. The molecule has 0 aliphatic heterocycles. The second-order valence-corrected chi connectivity index (χ2v) is 5.18. The lowest BCUT2D eigenvalue weighted by molar-refractivity contribution is 0.393. The largest absolute Gasteiger partial charge is 0.497 e. The fraction of sp³-hybridized carbons (Fsp3) is 0.286. The Morgan fingerprint density at radius 2 is 1.72 bits per heavy atom. The summed E-state index contributed by atoms with van der Waals surface area (Å²) >= 11 is 1.70. The lowest BCUT2D eigenvalue weighted by Crippen LogP contribution is -2.12. The maximum atomic E-state index is 6.30. The van der Waals surface area contributed by atoms with E-state index < -0.39 is 0 Å². The lowest BCUT2D eigenvalue weighted by atomic mass is 10.00. The second-order valence-electron chi connectivity index (χ2n) is 4.06. The first-order valence-electron chi connectivity index (χ1n) is 5.68. The highest BCUT2D eigenvalue weighted by Crippen LogP contribution is 2.31. The highest BCUT2D eigenvalue weighted by Gasteiger charge is 2.14. The summed E-state index contributed by atoms with van der Waals surface area (Å²) in [6.07, 6.45) is 0. The number of ether oxygens (including phenoxy) is 2. The van der Waals surface area contributed by atoms with Crippen LogP contribution in [-0.2, 0) is 0 Å². The van der Waals surface area contributed by atoms with Gasteiger partial charge in [0.05, 0.1) is 20.3 Å². The zero-order valence-corrected chi connectivity index (χ0v) is 11.6. The molecule has 1 unspecified atom stereocenters. The molecule has 1 aromatic heterocycles. The molecule has 0 aliphatic rings. The fourth-order valence-electron chi connectivity index (χ4n) is 1.91. The van der Waals surface area contributed by atoms with Crippen molar-refractivity contribution in [2.45, 2.75) is 13.0 Å². The van der Waals surface area contributed by atoms with E-state index in [1.807, 2.05) is 18.2 Å². The van der Waals surface area contributed by atoms with E-state index in [0.717, 1.165) is 22.6 Å². The predicted molar refractivity (Wildman–Crippen MR) is 74.6 cm³/mol. The minimum Gasteiger partial charge on any atom is -0.497 e. The predicted octanol–water partition coefficient (Wildman–Crippen LogP) is 3.12. The monoisotopic (exact) mass is 263 g/mol. The van der Waals surface area contributed by atoms with Gasteiger partial charge in [0.25, 0.3) is 0 Å². The molecule has 0 fully saturated rings. The van der Waals surface area contributed by atoms with Gasteiger partial charge < -0.3 is 15.2 Å². The summed E-state index contributed by atoms with van der Waals surface area (Å²) in [5.41, 5.74) is 8.45. The summed E-state index contributed by atoms with van der Waals surface area (Å²) in [6.45, 7) is 2.08. The average Bonchev–Trinajstić information content (AvgIpc) is 2.83. The number of hydrogen-bond acceptors (Lipinski definition) is 4. The van der Waals surface area contributed by atoms with E-state index in [1.54, 1.807) is 25.6 Å². The van der Waals surface area contributed by atoms with Gasteiger partial charge in [-0.25, -0.2) is 0 Å². The zero-order chi connectivity index (χ0) is 13.1. The minimum atomic E-state index is -0.153. The van der Waals surface area contributed by atoms with Crippen molar-refractivity contribution < 1.29 is 9.47 Å². The van der Waals surface area contributed by atoms with Crippen LogP contribution in [0.3, 0.4) is 0 Å². The van der Waals surface area contributed by atoms with E-state index in [0.29, 0.717) is 0 Å². The first kappa shape index (κ1) is 12.9. The Kier molecular flexibility index (Phi) is 3.89. The molecule has 3 nitrogen and oxygen atoms in total. The molecule has 0 saturated carbocycles. The molecule has 0 radical (unpaired) electrons. The maximum absolute atomic E-state index is 6.30. The molecule has 2 aromatic rings. The number of nitrogens with two attached hydrogens (primary N) is 1. The Labute approximate surface area is 111 Å². The molecular formula is C14H17NO2S. The molecule has 2 N–H and O–H groups in total. The number of aryl methyl sites for hydroxylation is 1. The molecule has 1 heterocycles. The summed E-state index contributed by atoms with van der Waals surface area (Å²) in [4.78, 5) is 1.24. The Balaban J connectivity index is 2.41. The number of hydrogen-bond donors (Lipinski definition) is 1. The SMILES string of the molecule is COc1cc(OC)cc(C(N)c2ccsc2C)c1. The van der Waals surface area contributed by atoms with Crippen LogP contribution in [0.15, 0.2) is 29.6 Å². The van der Waals surface area contributed by atoms with Crippen LogP contribution < -0.4 is 15.2 Å². The summed E-state index contributed by atoms with van der Waals surface area (Å²) in [5.74, 6) is 1.51. The van der Waals surface area contributed by atoms with Crippen molar-refractivity contribution >= 4 is 11.3 Å². The van der Waals surface area contributed by atoms with Crippen molar-refractivity contribution in [2.24, 2.45) is 5.73 Å². The van der Waals surface area contributed by atoms with Gasteiger partial charge in [0.1, 0.15) is 11.5 Å². The molecule has 0 aliphatic carbocycles. The van der Waals surface area contributed by atoms with Crippen molar-refractivity contribution in [3.63, 3.8) is 0 Å². The molecule has 18 heavy (non-hydrogen) atoms. The van der Waals surface area contributed by atoms with Crippen LogP contribution in [0.2, 0.25) is 0 Å². The quantitative estimate of drug-likeness (QED) is 0.921. The van der Waals surface area contributed by atoms with E-state index >= 15 is 0 Å². The molecule has 1 atom stereocenters. The number of methoxy groups -OCH3 is 2. The zero-order valence-electron chi connectivity index (χ0n) is 10.8. The van der Waals surface area contributed by atoms with Crippen LogP contribution in [0, 0.1) is 6.92 Å². The van der Waals surface area contributed by atoms with Crippen molar-refractivity contribution in [3.8, 4) is 11.5 Å². The van der Waals surface area contributed by atoms with E-state index in [1.165, 1.54) is 4.88 Å². The molecule has 0 amide bonds. The third kappa shape index (κ3) is 2.49. The van der Waals surface area contributed by atoms with Crippen molar-refractivity contribution in [1.82, 2.24) is 0 Å². The average molecular weight is 263 g/mol. The minimum absolute atomic E-state index is 0.153. The fourth-order valence-corrected chi connectivity index (χ4v) is 2.66. The van der Waals surface area contributed by atoms with Crippen LogP contribution in [0.4, 0.5) is 0 Å². The molecular weight excluding hydrogens is 246 g/mol. The number of rotatable bonds is 4. The third-order valence-electron chi connectivity index (χ3n) is 2.97. The number of benzene rings is 1. The first-order chi connectivity index (χ1) is 8.65. The van der Waals surface area contributed by atoms with Crippen LogP contribution in [-0.4, -0.2) is 14.2 Å². The van der Waals surface area contributed by atoms with Gasteiger partial charge in [-0.05, 0) is 41.6 Å². The van der Waals surface area contributed by atoms with E-state index in [4.69, 9.17) is 15.2 Å². The van der Waals surface area contributed by atoms with Crippen LogP contribution >= 0.6 is 11.3 Å². The van der Waals surface area contributed by atoms with E-state index in [-0.39, 0.29) is 6.04 Å². The van der Waals surface area contributed by atoms with Gasteiger partial charge in [-0.2, -0.15) is 0 Å². The topological polar surface area (TPSA) is 44.5 Å². The van der Waals surface area contributed by atoms with Gasteiger partial charge in [-0.3, -0.25) is 0 Å². The highest BCUT2D eigenvalue weighted by atomic mass is 32.1. The van der Waals surface area contributed by atoms with E-state index in [2.05, 4.69) is 18.4 Å². The smallest absolute Gasteiger partial charge is 0.122 e. The van der Waals surface area contributed by atoms with Gasteiger partial charge in [-0.15, -0.1) is 11.3 Å². The summed E-state index contributed by atoms with van der Waals surface area (Å²) in [6, 6.07) is 7.65. The molecule has 4 heteroatoms. The first-order valence-corrected chi connectivity index (χ1v) is 6.56. The Morgan fingerprint density at radius 1 is 1.11 bits per heavy atom. The number of thiophene rings is 1. The van der Waals surface area contributed by atoms with Crippen molar-refractivity contribution in [2.75, 3.05) is 14.2 Å². The summed E-state index contributed by atoms with van der Waals surface area (Å²) in [5, 5.41) is 2.06. The van der Waals surface area contributed by atoms with E-state index in [9.17, 15) is 0 Å². The van der Waals surface area contributed by atoms with Gasteiger partial charge in [0.15, 0.2) is 0 Å². The molecule has 2 rings (SSSR count). The Bertz CT molecular complexity index is 514. The van der Waals surface area contributed by atoms with Crippen molar-refractivity contribution in [1.29, 1.82) is 0 Å². The van der Waals surface area contributed by atoms with Gasteiger partial charge in [-0.1, -0.05) is 0 Å². The normalized spacial score (nSPS) is 12.2. The molecule has 1 aromatic carbocycles. The second kappa shape index (κ2) is 5.42. The van der Waals surface area contributed by atoms with Crippen LogP contribution in [0.1, 0.15) is 22.0 Å². The Morgan fingerprint density at radius 3 is 2.17 bits per heavy atom. The van der Waals surface area contributed by atoms with Gasteiger partial charge in [0, 0.05) is 10.9 Å². The van der Waals surface area contributed by atoms with Gasteiger partial charge >= 0.3 is 0 Å². The van der Waals surface area contributed by atoms with Gasteiger partial charge in [0.2, 0.25) is 0 Å². The maximum Gasteiger partial charge on any atom is 0.122 e. The molecule has 0 spiro atoms. The third-order valence-corrected chi connectivity index (χ3v) is 3.83. The Hall–Kier alpha value is -1.52. The molecule has 0 bridgehead atoms. The van der Waals surface area contributed by atoms with Crippen LogP contribution in [0.5, 0.6) is 11.5 Å². The molecule has 96 valence electrons. The molecule has 0 saturated heterocycles. The lowest BCUT2D eigenvalue weighted by Gasteiger charge is -2.15. The van der Waals surface area contributed by atoms with Crippen molar-refractivity contribution in [3.05, 3.63) is 45.6 Å².